The standard InChI is InChI=1S/C22H12F6N6O2/c1-36-20-12-3-2-4-13(11(12)5-7-30-20)34-18(22(26,27)28)15(9-32-34)33-10-31-19(35)16-14(33)6-8-29-17(16)21(23,24)25/h2-10H,1H3. The van der Waals surface area contributed by atoms with Crippen molar-refractivity contribution in [3.8, 4) is 17.3 Å². The molecule has 5 rings (SSSR count). The molecule has 0 unspecified atom stereocenters. The quantitative estimate of drug-likeness (QED) is 0.334. The number of hydrogen-bond acceptors (Lipinski definition) is 6. The van der Waals surface area contributed by atoms with Crippen molar-refractivity contribution < 1.29 is 31.1 Å². The van der Waals surface area contributed by atoms with E-state index in [0.717, 1.165) is 29.4 Å². The number of rotatable bonds is 3. The first kappa shape index (κ1) is 23.3. The minimum Gasteiger partial charge on any atom is -0.481 e. The Morgan fingerprint density at radius 3 is 2.31 bits per heavy atom. The number of nitrogens with zero attached hydrogens (tertiary/aromatic N) is 6. The SMILES string of the molecule is COc1nccc2c(-n3ncc(-n4cnc(=O)c5c(C(F)(F)F)nccc54)c3C(F)(F)F)cccc12. The van der Waals surface area contributed by atoms with Gasteiger partial charge < -0.3 is 4.74 Å². The Balaban J connectivity index is 1.84. The van der Waals surface area contributed by atoms with Crippen molar-refractivity contribution in [2.45, 2.75) is 12.4 Å². The van der Waals surface area contributed by atoms with E-state index in [2.05, 4.69) is 20.1 Å². The zero-order chi connectivity index (χ0) is 25.8. The minimum absolute atomic E-state index is 0.0164. The number of benzene rings is 1. The van der Waals surface area contributed by atoms with E-state index in [-0.39, 0.29) is 11.6 Å². The van der Waals surface area contributed by atoms with Crippen LogP contribution in [0.25, 0.3) is 33.1 Å². The van der Waals surface area contributed by atoms with Crippen LogP contribution in [0.15, 0.2) is 60.0 Å². The third-order valence-electron chi connectivity index (χ3n) is 5.41. The summed E-state index contributed by atoms with van der Waals surface area (Å²) < 4.78 is 90.3. The van der Waals surface area contributed by atoms with Crippen LogP contribution in [-0.2, 0) is 12.4 Å². The molecule has 0 radical (unpaired) electrons. The Hall–Kier alpha value is -4.49. The highest BCUT2D eigenvalue weighted by Gasteiger charge is 2.41. The molecule has 0 atom stereocenters. The van der Waals surface area contributed by atoms with Gasteiger partial charge in [0, 0.05) is 23.2 Å². The summed E-state index contributed by atoms with van der Waals surface area (Å²) in [7, 11) is 1.36. The van der Waals surface area contributed by atoms with E-state index >= 15 is 0 Å². The van der Waals surface area contributed by atoms with Gasteiger partial charge in [0.15, 0.2) is 11.4 Å². The van der Waals surface area contributed by atoms with E-state index in [1.807, 2.05) is 0 Å². The van der Waals surface area contributed by atoms with Crippen LogP contribution in [-0.4, -0.2) is 36.4 Å². The Labute approximate surface area is 196 Å². The Morgan fingerprint density at radius 2 is 1.61 bits per heavy atom. The Bertz CT molecular complexity index is 1690. The van der Waals surface area contributed by atoms with Crippen LogP contribution in [0.1, 0.15) is 11.4 Å². The second-order valence-corrected chi connectivity index (χ2v) is 7.45. The van der Waals surface area contributed by atoms with Crippen molar-refractivity contribution in [2.24, 2.45) is 0 Å². The van der Waals surface area contributed by atoms with Gasteiger partial charge >= 0.3 is 12.4 Å². The summed E-state index contributed by atoms with van der Waals surface area (Å²) in [5.41, 5.74) is -5.23. The van der Waals surface area contributed by atoms with Crippen molar-refractivity contribution in [3.05, 3.63) is 77.0 Å². The molecule has 5 aromatic rings. The van der Waals surface area contributed by atoms with Gasteiger partial charge in [0.1, 0.15) is 6.33 Å². The average Bonchev–Trinajstić information content (AvgIpc) is 3.28. The van der Waals surface area contributed by atoms with E-state index in [9.17, 15) is 31.1 Å². The van der Waals surface area contributed by atoms with Gasteiger partial charge in [-0.25, -0.2) is 9.67 Å². The van der Waals surface area contributed by atoms with Crippen LogP contribution in [0.3, 0.4) is 0 Å². The molecule has 4 aromatic heterocycles. The molecule has 0 aliphatic carbocycles. The zero-order valence-electron chi connectivity index (χ0n) is 18.0. The number of methoxy groups -OCH3 is 1. The number of hydrogen-bond donors (Lipinski definition) is 0. The molecule has 0 saturated carbocycles. The number of fused-ring (bicyclic) bond motifs is 2. The molecule has 4 heterocycles. The highest BCUT2D eigenvalue weighted by Crippen LogP contribution is 2.39. The molecule has 0 spiro atoms. The fourth-order valence-electron chi connectivity index (χ4n) is 3.98. The lowest BCUT2D eigenvalue weighted by Crippen LogP contribution is -2.21. The lowest BCUT2D eigenvalue weighted by molar-refractivity contribution is -0.143. The average molecular weight is 506 g/mol. The van der Waals surface area contributed by atoms with Crippen LogP contribution in [0.2, 0.25) is 0 Å². The third-order valence-corrected chi connectivity index (χ3v) is 5.41. The summed E-state index contributed by atoms with van der Waals surface area (Å²) in [6, 6.07) is 6.96. The molecule has 0 N–H and O–H groups in total. The highest BCUT2D eigenvalue weighted by atomic mass is 19.4. The predicted molar refractivity (Wildman–Crippen MR) is 114 cm³/mol. The van der Waals surface area contributed by atoms with Crippen molar-refractivity contribution in [3.63, 3.8) is 0 Å². The van der Waals surface area contributed by atoms with Crippen LogP contribution >= 0.6 is 0 Å². The second kappa shape index (κ2) is 8.03. The van der Waals surface area contributed by atoms with Crippen molar-refractivity contribution in [1.82, 2.24) is 29.3 Å². The fourth-order valence-corrected chi connectivity index (χ4v) is 3.98. The van der Waals surface area contributed by atoms with Crippen LogP contribution in [0.5, 0.6) is 5.88 Å². The molecule has 0 saturated heterocycles. The largest absolute Gasteiger partial charge is 0.481 e. The maximum Gasteiger partial charge on any atom is 0.435 e. The molecule has 36 heavy (non-hydrogen) atoms. The van der Waals surface area contributed by atoms with E-state index in [0.29, 0.717) is 15.5 Å². The van der Waals surface area contributed by atoms with Gasteiger partial charge in [0.25, 0.3) is 5.56 Å². The van der Waals surface area contributed by atoms with E-state index < -0.39 is 45.9 Å². The van der Waals surface area contributed by atoms with Gasteiger partial charge in [0.05, 0.1) is 35.6 Å². The maximum absolute atomic E-state index is 14.4. The van der Waals surface area contributed by atoms with E-state index in [4.69, 9.17) is 4.74 Å². The highest BCUT2D eigenvalue weighted by molar-refractivity contribution is 5.93. The zero-order valence-corrected chi connectivity index (χ0v) is 18.0. The minimum atomic E-state index is -5.04. The van der Waals surface area contributed by atoms with Crippen LogP contribution in [0, 0.1) is 0 Å². The Morgan fingerprint density at radius 1 is 0.861 bits per heavy atom. The predicted octanol–water partition coefficient (Wildman–Crippen LogP) is 4.56. The van der Waals surface area contributed by atoms with E-state index in [1.165, 1.54) is 31.5 Å². The summed E-state index contributed by atoms with van der Waals surface area (Å²) in [5, 5.41) is 3.69. The van der Waals surface area contributed by atoms with E-state index in [1.54, 1.807) is 6.07 Å². The Kier molecular flexibility index (Phi) is 5.19. The van der Waals surface area contributed by atoms with Crippen LogP contribution < -0.4 is 10.3 Å². The van der Waals surface area contributed by atoms with Gasteiger partial charge in [-0.1, -0.05) is 6.07 Å². The molecule has 184 valence electrons. The smallest absolute Gasteiger partial charge is 0.435 e. The first-order valence-corrected chi connectivity index (χ1v) is 10.0. The van der Waals surface area contributed by atoms with Crippen molar-refractivity contribution >= 4 is 21.7 Å². The monoisotopic (exact) mass is 506 g/mol. The molecular weight excluding hydrogens is 494 g/mol. The number of pyridine rings is 2. The molecule has 8 nitrogen and oxygen atoms in total. The van der Waals surface area contributed by atoms with Crippen LogP contribution in [0.4, 0.5) is 26.3 Å². The first-order valence-electron chi connectivity index (χ1n) is 10.0. The summed E-state index contributed by atoms with van der Waals surface area (Å²) in [4.78, 5) is 22.8. The normalized spacial score (nSPS) is 12.4. The first-order chi connectivity index (χ1) is 17.0. The molecule has 0 fully saturated rings. The molecule has 14 heteroatoms. The number of aromatic nitrogens is 6. The third kappa shape index (κ3) is 3.61. The van der Waals surface area contributed by atoms with Gasteiger partial charge in [-0.15, -0.1) is 0 Å². The fraction of sp³-hybridized carbons (Fsp3) is 0.136. The summed E-state index contributed by atoms with van der Waals surface area (Å²) in [6.07, 6.45) is -6.39. The molecular formula is C22H12F6N6O2. The molecule has 1 aromatic carbocycles. The maximum atomic E-state index is 14.4. The molecule has 0 aliphatic heterocycles. The molecule has 0 aliphatic rings. The molecule has 0 amide bonds. The summed E-state index contributed by atoms with van der Waals surface area (Å²) >= 11 is 0. The number of ether oxygens (including phenoxy) is 1. The van der Waals surface area contributed by atoms with Gasteiger partial charge in [-0.3, -0.25) is 14.3 Å². The number of alkyl halides is 6. The summed E-state index contributed by atoms with van der Waals surface area (Å²) in [6.45, 7) is 0. The van der Waals surface area contributed by atoms with Crippen molar-refractivity contribution in [2.75, 3.05) is 7.11 Å². The van der Waals surface area contributed by atoms with Gasteiger partial charge in [-0.05, 0) is 24.3 Å². The second-order valence-electron chi connectivity index (χ2n) is 7.45. The van der Waals surface area contributed by atoms with Gasteiger partial charge in [0.2, 0.25) is 5.88 Å². The summed E-state index contributed by atoms with van der Waals surface area (Å²) in [5.74, 6) is 0.179. The number of halogens is 6. The van der Waals surface area contributed by atoms with Crippen molar-refractivity contribution in [1.29, 1.82) is 0 Å². The lowest BCUT2D eigenvalue weighted by atomic mass is 10.1. The van der Waals surface area contributed by atoms with Gasteiger partial charge in [-0.2, -0.15) is 36.4 Å². The lowest BCUT2D eigenvalue weighted by Gasteiger charge is -2.17. The molecule has 0 bridgehead atoms. The topological polar surface area (TPSA) is 87.7 Å².